The average Bonchev–Trinajstić information content (AvgIpc) is 2.71. The molecule has 18 heavy (non-hydrogen) atoms. The van der Waals surface area contributed by atoms with Crippen LogP contribution in [0.3, 0.4) is 0 Å². The van der Waals surface area contributed by atoms with Crippen LogP contribution in [0, 0.1) is 6.92 Å². The highest BCUT2D eigenvalue weighted by atomic mass is 35.5. The van der Waals surface area contributed by atoms with Crippen molar-refractivity contribution in [3.05, 3.63) is 45.8 Å². The van der Waals surface area contributed by atoms with Crippen LogP contribution in [0.15, 0.2) is 28.9 Å². The summed E-state index contributed by atoms with van der Waals surface area (Å²) in [7, 11) is 0. The van der Waals surface area contributed by atoms with Gasteiger partial charge < -0.3 is 14.8 Å². The van der Waals surface area contributed by atoms with Crippen LogP contribution in [0.1, 0.15) is 16.1 Å². The van der Waals surface area contributed by atoms with Gasteiger partial charge in [-0.2, -0.15) is 0 Å². The molecule has 0 spiro atoms. The lowest BCUT2D eigenvalue weighted by Gasteiger charge is -2.08. The monoisotopic (exact) mass is 285 g/mol. The minimum atomic E-state index is -0.480. The van der Waals surface area contributed by atoms with Gasteiger partial charge in [-0.25, -0.2) is 0 Å². The second kappa shape index (κ2) is 4.92. The molecule has 6 heteroatoms. The molecule has 1 heterocycles. The number of aromatic hydroxyl groups is 1. The number of anilines is 1. The van der Waals surface area contributed by atoms with Crippen LogP contribution in [0.2, 0.25) is 10.0 Å². The van der Waals surface area contributed by atoms with Crippen molar-refractivity contribution in [1.82, 2.24) is 0 Å². The summed E-state index contributed by atoms with van der Waals surface area (Å²) in [4.78, 5) is 11.9. The van der Waals surface area contributed by atoms with Crippen LogP contribution >= 0.6 is 23.2 Å². The standard InChI is InChI=1S/C12H9Cl2NO3/c1-6-2-3-18-11(6)12(17)15-9-5-7(13)4-8(14)10(9)16/h2-5,16H,1H3,(H,15,17). The zero-order chi connectivity index (χ0) is 13.3. The summed E-state index contributed by atoms with van der Waals surface area (Å²) >= 11 is 11.5. The summed E-state index contributed by atoms with van der Waals surface area (Å²) in [6.07, 6.45) is 1.41. The summed E-state index contributed by atoms with van der Waals surface area (Å²) < 4.78 is 5.04. The van der Waals surface area contributed by atoms with E-state index in [-0.39, 0.29) is 22.2 Å². The first kappa shape index (κ1) is 12.8. The second-order valence-corrected chi connectivity index (χ2v) is 4.51. The predicted octanol–water partition coefficient (Wildman–Crippen LogP) is 3.85. The third-order valence-electron chi connectivity index (χ3n) is 2.34. The van der Waals surface area contributed by atoms with Gasteiger partial charge in [-0.1, -0.05) is 23.2 Å². The predicted molar refractivity (Wildman–Crippen MR) is 69.5 cm³/mol. The number of rotatable bonds is 2. The molecule has 2 rings (SSSR count). The number of halogens is 2. The molecule has 0 aliphatic carbocycles. The molecule has 2 aromatic rings. The highest BCUT2D eigenvalue weighted by Gasteiger charge is 2.16. The Morgan fingerprint density at radius 2 is 2.11 bits per heavy atom. The van der Waals surface area contributed by atoms with Gasteiger partial charge in [-0.05, 0) is 25.1 Å². The van der Waals surface area contributed by atoms with E-state index < -0.39 is 5.91 Å². The van der Waals surface area contributed by atoms with Gasteiger partial charge in [0.05, 0.1) is 17.0 Å². The number of nitrogens with one attached hydrogen (secondary N) is 1. The van der Waals surface area contributed by atoms with E-state index in [0.29, 0.717) is 10.6 Å². The molecule has 0 saturated carbocycles. The van der Waals surface area contributed by atoms with Crippen molar-refractivity contribution in [3.8, 4) is 5.75 Å². The Hall–Kier alpha value is -1.65. The summed E-state index contributed by atoms with van der Waals surface area (Å²) in [5, 5.41) is 12.6. The van der Waals surface area contributed by atoms with E-state index in [4.69, 9.17) is 27.6 Å². The van der Waals surface area contributed by atoms with Gasteiger partial charge in [0.25, 0.3) is 5.91 Å². The Morgan fingerprint density at radius 1 is 1.39 bits per heavy atom. The zero-order valence-electron chi connectivity index (χ0n) is 9.33. The highest BCUT2D eigenvalue weighted by molar-refractivity contribution is 6.36. The first-order chi connectivity index (χ1) is 8.49. The van der Waals surface area contributed by atoms with Crippen LogP contribution in [-0.2, 0) is 0 Å². The highest BCUT2D eigenvalue weighted by Crippen LogP contribution is 2.35. The van der Waals surface area contributed by atoms with Gasteiger partial charge in [0.15, 0.2) is 11.5 Å². The maximum atomic E-state index is 11.9. The van der Waals surface area contributed by atoms with Crippen LogP contribution in [0.25, 0.3) is 0 Å². The number of carbonyl (C=O) groups excluding carboxylic acids is 1. The average molecular weight is 286 g/mol. The molecule has 0 aliphatic heterocycles. The molecule has 2 N–H and O–H groups in total. The molecule has 94 valence electrons. The molecule has 1 aromatic carbocycles. The van der Waals surface area contributed by atoms with Gasteiger partial charge in [0.1, 0.15) is 0 Å². The SMILES string of the molecule is Cc1ccoc1C(=O)Nc1cc(Cl)cc(Cl)c1O. The van der Waals surface area contributed by atoms with Crippen molar-refractivity contribution in [2.24, 2.45) is 0 Å². The largest absolute Gasteiger partial charge is 0.504 e. The molecule has 0 unspecified atom stereocenters. The van der Waals surface area contributed by atoms with Crippen molar-refractivity contribution in [3.63, 3.8) is 0 Å². The molecule has 0 bridgehead atoms. The van der Waals surface area contributed by atoms with E-state index in [1.54, 1.807) is 13.0 Å². The topological polar surface area (TPSA) is 62.5 Å². The third kappa shape index (κ3) is 2.44. The fourth-order valence-corrected chi connectivity index (χ4v) is 1.94. The number of amides is 1. The van der Waals surface area contributed by atoms with E-state index in [1.807, 2.05) is 0 Å². The first-order valence-electron chi connectivity index (χ1n) is 5.02. The van der Waals surface area contributed by atoms with Gasteiger partial charge >= 0.3 is 0 Å². The lowest BCUT2D eigenvalue weighted by Crippen LogP contribution is -2.12. The van der Waals surface area contributed by atoms with Crippen molar-refractivity contribution in [1.29, 1.82) is 0 Å². The number of hydrogen-bond donors (Lipinski definition) is 2. The van der Waals surface area contributed by atoms with Gasteiger partial charge in [0.2, 0.25) is 0 Å². The maximum absolute atomic E-state index is 11.9. The van der Waals surface area contributed by atoms with E-state index in [0.717, 1.165) is 0 Å². The number of furan rings is 1. The van der Waals surface area contributed by atoms with E-state index >= 15 is 0 Å². The molecule has 4 nitrogen and oxygen atoms in total. The number of carbonyl (C=O) groups is 1. The molecular weight excluding hydrogens is 277 g/mol. The minimum Gasteiger partial charge on any atom is -0.504 e. The molecule has 0 aliphatic rings. The quantitative estimate of drug-likeness (QED) is 0.824. The van der Waals surface area contributed by atoms with E-state index in [9.17, 15) is 9.90 Å². The normalized spacial score (nSPS) is 10.4. The van der Waals surface area contributed by atoms with Gasteiger partial charge in [0, 0.05) is 10.6 Å². The molecule has 1 amide bonds. The summed E-state index contributed by atoms with van der Waals surface area (Å²) in [6, 6.07) is 4.45. The minimum absolute atomic E-state index is 0.0639. The zero-order valence-corrected chi connectivity index (χ0v) is 10.8. The Labute approximate surface area is 113 Å². The number of aryl methyl sites for hydroxylation is 1. The van der Waals surface area contributed by atoms with E-state index in [2.05, 4.69) is 5.32 Å². The van der Waals surface area contributed by atoms with Crippen molar-refractivity contribution in [2.75, 3.05) is 5.32 Å². The maximum Gasteiger partial charge on any atom is 0.291 e. The molecule has 0 fully saturated rings. The lowest BCUT2D eigenvalue weighted by molar-refractivity contribution is 0.0995. The van der Waals surface area contributed by atoms with Crippen LogP contribution in [0.4, 0.5) is 5.69 Å². The van der Waals surface area contributed by atoms with E-state index in [1.165, 1.54) is 18.4 Å². The lowest BCUT2D eigenvalue weighted by atomic mass is 10.2. The fraction of sp³-hybridized carbons (Fsp3) is 0.0833. The molecule has 1 aromatic heterocycles. The van der Waals surface area contributed by atoms with Crippen LogP contribution in [-0.4, -0.2) is 11.0 Å². The second-order valence-electron chi connectivity index (χ2n) is 3.67. The molecular formula is C12H9Cl2NO3. The third-order valence-corrected chi connectivity index (χ3v) is 2.85. The number of benzene rings is 1. The van der Waals surface area contributed by atoms with Crippen LogP contribution in [0.5, 0.6) is 5.75 Å². The Bertz CT molecular complexity index is 607. The molecule has 0 radical (unpaired) electrons. The summed E-state index contributed by atoms with van der Waals surface area (Å²) in [6.45, 7) is 1.74. The van der Waals surface area contributed by atoms with Crippen molar-refractivity contribution >= 4 is 34.8 Å². The number of phenolic OH excluding ortho intramolecular Hbond substituents is 1. The fourth-order valence-electron chi connectivity index (χ4n) is 1.45. The van der Waals surface area contributed by atoms with Gasteiger partial charge in [-0.3, -0.25) is 4.79 Å². The molecule has 0 saturated heterocycles. The Balaban J connectivity index is 2.30. The smallest absolute Gasteiger partial charge is 0.291 e. The molecule has 0 atom stereocenters. The summed E-state index contributed by atoms with van der Waals surface area (Å²) in [5.41, 5.74) is 0.827. The summed E-state index contributed by atoms with van der Waals surface area (Å²) in [5.74, 6) is -0.546. The Morgan fingerprint density at radius 3 is 2.72 bits per heavy atom. The number of phenols is 1. The Kier molecular flexibility index (Phi) is 3.50. The number of hydrogen-bond acceptors (Lipinski definition) is 3. The van der Waals surface area contributed by atoms with Gasteiger partial charge in [-0.15, -0.1) is 0 Å². The van der Waals surface area contributed by atoms with Crippen LogP contribution < -0.4 is 5.32 Å². The first-order valence-corrected chi connectivity index (χ1v) is 5.78. The van der Waals surface area contributed by atoms with Crippen molar-refractivity contribution < 1.29 is 14.3 Å². The van der Waals surface area contributed by atoms with Crippen molar-refractivity contribution in [2.45, 2.75) is 6.92 Å².